The molecule has 4 atom stereocenters. The summed E-state index contributed by atoms with van der Waals surface area (Å²) in [4.78, 5) is 0. The monoisotopic (exact) mass is 248 g/mol. The van der Waals surface area contributed by atoms with Crippen molar-refractivity contribution in [2.75, 3.05) is 27.3 Å². The number of nitrogens with two attached hydrogens (primary N) is 2. The number of hydrogen-bond donors (Lipinski definition) is 2. The van der Waals surface area contributed by atoms with Crippen LogP contribution in [0.15, 0.2) is 0 Å². The van der Waals surface area contributed by atoms with E-state index in [2.05, 4.69) is 0 Å². The van der Waals surface area contributed by atoms with Crippen LogP contribution in [-0.2, 0) is 18.9 Å². The maximum Gasteiger partial charge on any atom is 0.164 e. The van der Waals surface area contributed by atoms with Crippen LogP contribution >= 0.6 is 0 Å². The molecule has 6 heteroatoms. The first-order chi connectivity index (χ1) is 7.99. The lowest BCUT2D eigenvalue weighted by Gasteiger charge is -2.28. The molecule has 0 saturated carbocycles. The Morgan fingerprint density at radius 1 is 1.00 bits per heavy atom. The molecule has 102 valence electrons. The highest BCUT2D eigenvalue weighted by Crippen LogP contribution is 2.32. The van der Waals surface area contributed by atoms with E-state index in [-0.39, 0.29) is 24.4 Å². The number of hydrogen-bond acceptors (Lipinski definition) is 6. The van der Waals surface area contributed by atoms with Gasteiger partial charge in [0, 0.05) is 27.3 Å². The number of rotatable bonds is 6. The number of ether oxygens (including phenoxy) is 4. The van der Waals surface area contributed by atoms with E-state index >= 15 is 0 Å². The summed E-state index contributed by atoms with van der Waals surface area (Å²) in [6, 6.07) is 0. The van der Waals surface area contributed by atoms with Gasteiger partial charge in [0.25, 0.3) is 0 Å². The van der Waals surface area contributed by atoms with Crippen molar-refractivity contribution in [2.24, 2.45) is 11.5 Å². The second kappa shape index (κ2) is 6.08. The van der Waals surface area contributed by atoms with Crippen molar-refractivity contribution in [1.29, 1.82) is 0 Å². The average Bonchev–Trinajstić information content (AvgIpc) is 2.59. The van der Waals surface area contributed by atoms with Crippen molar-refractivity contribution >= 4 is 0 Å². The third-order valence-electron chi connectivity index (χ3n) is 2.97. The van der Waals surface area contributed by atoms with Crippen LogP contribution < -0.4 is 11.5 Å². The third kappa shape index (κ3) is 3.37. The molecule has 0 amide bonds. The van der Waals surface area contributed by atoms with Gasteiger partial charge >= 0.3 is 0 Å². The van der Waals surface area contributed by atoms with Crippen LogP contribution in [-0.4, -0.2) is 57.5 Å². The van der Waals surface area contributed by atoms with Crippen LogP contribution in [0.25, 0.3) is 0 Å². The molecule has 4 N–H and O–H groups in total. The van der Waals surface area contributed by atoms with Gasteiger partial charge in [0.1, 0.15) is 12.2 Å². The van der Waals surface area contributed by atoms with Gasteiger partial charge in [-0.2, -0.15) is 0 Å². The van der Waals surface area contributed by atoms with Gasteiger partial charge in [-0.3, -0.25) is 0 Å². The molecule has 1 heterocycles. The lowest BCUT2D eigenvalue weighted by molar-refractivity contribution is -0.162. The van der Waals surface area contributed by atoms with Crippen LogP contribution in [0.3, 0.4) is 0 Å². The molecule has 0 unspecified atom stereocenters. The van der Waals surface area contributed by atoms with E-state index in [1.54, 1.807) is 14.2 Å². The van der Waals surface area contributed by atoms with Crippen molar-refractivity contribution in [2.45, 2.75) is 44.1 Å². The highest BCUT2D eigenvalue weighted by Gasteiger charge is 2.48. The summed E-state index contributed by atoms with van der Waals surface area (Å²) in [6.45, 7) is 4.43. The van der Waals surface area contributed by atoms with Crippen molar-refractivity contribution in [1.82, 2.24) is 0 Å². The van der Waals surface area contributed by atoms with Crippen LogP contribution in [0.5, 0.6) is 0 Å². The molecule has 1 saturated heterocycles. The van der Waals surface area contributed by atoms with Crippen molar-refractivity contribution in [3.63, 3.8) is 0 Å². The third-order valence-corrected chi connectivity index (χ3v) is 2.97. The molecule has 0 radical (unpaired) electrons. The lowest BCUT2D eigenvalue weighted by Crippen LogP contribution is -2.49. The van der Waals surface area contributed by atoms with Gasteiger partial charge in [-0.05, 0) is 13.8 Å². The van der Waals surface area contributed by atoms with Gasteiger partial charge in [-0.1, -0.05) is 0 Å². The van der Waals surface area contributed by atoms with Gasteiger partial charge < -0.3 is 30.4 Å². The Bertz CT molecular complexity index is 208. The van der Waals surface area contributed by atoms with Crippen LogP contribution in [0.1, 0.15) is 13.8 Å². The van der Waals surface area contributed by atoms with Gasteiger partial charge in [0.05, 0.1) is 12.2 Å². The molecule has 0 bridgehead atoms. The Hall–Kier alpha value is -0.240. The molecular formula is C11H24N2O4. The molecule has 0 aliphatic carbocycles. The van der Waals surface area contributed by atoms with E-state index in [1.165, 1.54) is 0 Å². The summed E-state index contributed by atoms with van der Waals surface area (Å²) in [5.74, 6) is -0.673. The normalized spacial score (nSPS) is 31.4. The molecule has 0 aromatic rings. The molecule has 17 heavy (non-hydrogen) atoms. The van der Waals surface area contributed by atoms with Crippen molar-refractivity contribution in [3.8, 4) is 0 Å². The standard InChI is InChI=1S/C11H24N2O4/c1-11(2)16-9(7(5-12)14-3)10(17-11)8(6-13)15-4/h7-10H,5-6,12-13H2,1-4H3/t7-,8-,9-,10-/m1/s1. The first kappa shape index (κ1) is 14.8. The Morgan fingerprint density at radius 2 is 1.35 bits per heavy atom. The molecule has 1 aliphatic heterocycles. The Kier molecular flexibility index (Phi) is 5.30. The summed E-state index contributed by atoms with van der Waals surface area (Å²) >= 11 is 0. The van der Waals surface area contributed by atoms with Crippen molar-refractivity contribution < 1.29 is 18.9 Å². The maximum atomic E-state index is 5.83. The lowest BCUT2D eigenvalue weighted by atomic mass is 10.0. The quantitative estimate of drug-likeness (QED) is 0.656. The average molecular weight is 248 g/mol. The largest absolute Gasteiger partial charge is 0.377 e. The number of methoxy groups -OCH3 is 2. The van der Waals surface area contributed by atoms with Gasteiger partial charge in [0.2, 0.25) is 0 Å². The minimum atomic E-state index is -0.673. The second-order valence-electron chi connectivity index (χ2n) is 4.58. The van der Waals surface area contributed by atoms with E-state index in [0.717, 1.165) is 0 Å². The van der Waals surface area contributed by atoms with Crippen LogP contribution in [0.4, 0.5) is 0 Å². The fourth-order valence-corrected chi connectivity index (χ4v) is 2.12. The second-order valence-corrected chi connectivity index (χ2v) is 4.58. The van der Waals surface area contributed by atoms with E-state index in [0.29, 0.717) is 13.1 Å². The highest BCUT2D eigenvalue weighted by molar-refractivity contribution is 4.92. The molecule has 0 aromatic carbocycles. The first-order valence-corrected chi connectivity index (χ1v) is 5.80. The zero-order valence-corrected chi connectivity index (χ0v) is 11.0. The zero-order chi connectivity index (χ0) is 13.1. The van der Waals surface area contributed by atoms with E-state index in [9.17, 15) is 0 Å². The molecule has 1 fully saturated rings. The van der Waals surface area contributed by atoms with Gasteiger partial charge in [-0.15, -0.1) is 0 Å². The van der Waals surface area contributed by atoms with E-state index in [4.69, 9.17) is 30.4 Å². The molecule has 0 aromatic heterocycles. The fraction of sp³-hybridized carbons (Fsp3) is 1.00. The Labute approximate surface area is 103 Å². The Morgan fingerprint density at radius 3 is 1.59 bits per heavy atom. The maximum absolute atomic E-state index is 5.83. The predicted octanol–water partition coefficient (Wildman–Crippen LogP) is -0.546. The summed E-state index contributed by atoms with van der Waals surface area (Å²) < 4.78 is 22.3. The first-order valence-electron chi connectivity index (χ1n) is 5.80. The summed E-state index contributed by atoms with van der Waals surface area (Å²) in [5.41, 5.74) is 11.3. The van der Waals surface area contributed by atoms with Crippen LogP contribution in [0.2, 0.25) is 0 Å². The smallest absolute Gasteiger partial charge is 0.164 e. The fourth-order valence-electron chi connectivity index (χ4n) is 2.12. The summed E-state index contributed by atoms with van der Waals surface area (Å²) in [5, 5.41) is 0. The minimum absolute atomic E-state index is 0.231. The molecule has 1 rings (SSSR count). The SMILES string of the molecule is CO[C@H](CN)[C@H]1OC(C)(C)O[C@@H]1[C@@H](CN)OC. The molecule has 6 nitrogen and oxygen atoms in total. The van der Waals surface area contributed by atoms with Gasteiger partial charge in [0.15, 0.2) is 5.79 Å². The molecule has 0 spiro atoms. The predicted molar refractivity (Wildman–Crippen MR) is 63.5 cm³/mol. The van der Waals surface area contributed by atoms with E-state index < -0.39 is 5.79 Å². The topological polar surface area (TPSA) is 89.0 Å². The minimum Gasteiger partial charge on any atom is -0.377 e. The van der Waals surface area contributed by atoms with E-state index in [1.807, 2.05) is 13.8 Å². The Balaban J connectivity index is 2.83. The zero-order valence-electron chi connectivity index (χ0n) is 11.0. The summed E-state index contributed by atoms with van der Waals surface area (Å²) in [6.07, 6.45) is -1.00. The molecule has 1 aliphatic rings. The van der Waals surface area contributed by atoms with Crippen molar-refractivity contribution in [3.05, 3.63) is 0 Å². The summed E-state index contributed by atoms with van der Waals surface area (Å²) in [7, 11) is 3.21. The van der Waals surface area contributed by atoms with Crippen LogP contribution in [0, 0.1) is 0 Å². The highest BCUT2D eigenvalue weighted by atomic mass is 16.8. The van der Waals surface area contributed by atoms with Gasteiger partial charge in [-0.25, -0.2) is 0 Å². The molecular weight excluding hydrogens is 224 g/mol.